The minimum atomic E-state index is 0.113. The fourth-order valence-corrected chi connectivity index (χ4v) is 1.94. The Balaban J connectivity index is 2.36. The average Bonchev–Trinajstić information content (AvgIpc) is 2.71. The molecule has 0 bridgehead atoms. The lowest BCUT2D eigenvalue weighted by atomic mass is 10.1. The Morgan fingerprint density at radius 2 is 1.79 bits per heavy atom. The normalized spacial score (nSPS) is 10.0. The first-order valence-corrected chi connectivity index (χ1v) is 5.18. The molecule has 2 aromatic rings. The molecule has 2 nitrogen and oxygen atoms in total. The van der Waals surface area contributed by atoms with Gasteiger partial charge in [-0.3, -0.25) is 5.41 Å². The first-order chi connectivity index (χ1) is 6.77. The highest BCUT2D eigenvalue weighted by atomic mass is 32.1. The zero-order valence-electron chi connectivity index (χ0n) is 7.53. The van der Waals surface area contributed by atoms with E-state index in [1.165, 1.54) is 5.56 Å². The molecule has 0 aliphatic rings. The van der Waals surface area contributed by atoms with Crippen LogP contribution in [0.2, 0.25) is 0 Å². The minimum Gasteiger partial charge on any atom is -0.384 e. The Hall–Kier alpha value is -1.61. The molecule has 0 fully saturated rings. The second-order valence-electron chi connectivity index (χ2n) is 3.00. The van der Waals surface area contributed by atoms with Crippen LogP contribution in [0.15, 0.2) is 41.1 Å². The van der Waals surface area contributed by atoms with Crippen molar-refractivity contribution < 1.29 is 0 Å². The lowest BCUT2D eigenvalue weighted by Gasteiger charge is -2.00. The summed E-state index contributed by atoms with van der Waals surface area (Å²) < 4.78 is 0. The fraction of sp³-hybridized carbons (Fsp3) is 0. The Bertz CT molecular complexity index is 429. The molecule has 1 heterocycles. The van der Waals surface area contributed by atoms with E-state index < -0.39 is 0 Å². The van der Waals surface area contributed by atoms with E-state index in [9.17, 15) is 0 Å². The Morgan fingerprint density at radius 3 is 2.29 bits per heavy atom. The van der Waals surface area contributed by atoms with E-state index in [1.54, 1.807) is 11.3 Å². The molecular weight excluding hydrogens is 192 g/mol. The SMILES string of the molecule is N=C(N)c1ccc(-c2ccsc2)cc1. The number of amidine groups is 1. The van der Waals surface area contributed by atoms with Crippen molar-refractivity contribution in [3.8, 4) is 11.1 Å². The lowest BCUT2D eigenvalue weighted by Crippen LogP contribution is -2.10. The number of hydrogen-bond donors (Lipinski definition) is 2. The first-order valence-electron chi connectivity index (χ1n) is 4.24. The molecule has 0 saturated carbocycles. The molecule has 1 aromatic heterocycles. The third-order valence-electron chi connectivity index (χ3n) is 2.05. The predicted molar refractivity (Wildman–Crippen MR) is 60.8 cm³/mol. The second-order valence-corrected chi connectivity index (χ2v) is 3.78. The quantitative estimate of drug-likeness (QED) is 0.571. The first kappa shape index (κ1) is 8.97. The summed E-state index contributed by atoms with van der Waals surface area (Å²) in [5.41, 5.74) is 8.51. The molecule has 0 amide bonds. The van der Waals surface area contributed by atoms with Crippen LogP contribution >= 0.6 is 11.3 Å². The maximum absolute atomic E-state index is 7.26. The highest BCUT2D eigenvalue weighted by Crippen LogP contribution is 2.21. The standard InChI is InChI=1S/C11H10N2S/c12-11(13)9-3-1-8(2-4-9)10-5-6-14-7-10/h1-7H,(H3,12,13). The van der Waals surface area contributed by atoms with Gasteiger partial charge in [-0.25, -0.2) is 0 Å². The smallest absolute Gasteiger partial charge is 0.122 e. The van der Waals surface area contributed by atoms with Crippen molar-refractivity contribution in [1.82, 2.24) is 0 Å². The van der Waals surface area contributed by atoms with E-state index in [-0.39, 0.29) is 5.84 Å². The lowest BCUT2D eigenvalue weighted by molar-refractivity contribution is 1.42. The molecule has 1 aromatic carbocycles. The van der Waals surface area contributed by atoms with Gasteiger partial charge in [0, 0.05) is 5.56 Å². The van der Waals surface area contributed by atoms with Crippen LogP contribution in [0.4, 0.5) is 0 Å². The van der Waals surface area contributed by atoms with Gasteiger partial charge in [-0.15, -0.1) is 0 Å². The third kappa shape index (κ3) is 1.67. The summed E-state index contributed by atoms with van der Waals surface area (Å²) >= 11 is 1.68. The molecule has 0 radical (unpaired) electrons. The molecule has 3 N–H and O–H groups in total. The zero-order valence-corrected chi connectivity index (χ0v) is 8.34. The number of nitrogens with one attached hydrogen (secondary N) is 1. The second kappa shape index (κ2) is 3.64. The van der Waals surface area contributed by atoms with Gasteiger partial charge in [-0.1, -0.05) is 24.3 Å². The minimum absolute atomic E-state index is 0.113. The van der Waals surface area contributed by atoms with E-state index in [0.717, 1.165) is 11.1 Å². The average molecular weight is 202 g/mol. The number of nitrogen functional groups attached to an aromatic ring is 1. The van der Waals surface area contributed by atoms with Gasteiger partial charge < -0.3 is 5.73 Å². The highest BCUT2D eigenvalue weighted by molar-refractivity contribution is 7.08. The van der Waals surface area contributed by atoms with E-state index in [4.69, 9.17) is 11.1 Å². The Labute approximate surface area is 86.5 Å². The number of hydrogen-bond acceptors (Lipinski definition) is 2. The molecule has 0 unspecified atom stereocenters. The predicted octanol–water partition coefficient (Wildman–Crippen LogP) is 2.70. The van der Waals surface area contributed by atoms with Crippen LogP contribution in [-0.4, -0.2) is 5.84 Å². The topological polar surface area (TPSA) is 49.9 Å². The molecule has 0 aliphatic carbocycles. The van der Waals surface area contributed by atoms with Crippen molar-refractivity contribution in [2.75, 3.05) is 0 Å². The van der Waals surface area contributed by atoms with Crippen LogP contribution in [0.25, 0.3) is 11.1 Å². The summed E-state index contributed by atoms with van der Waals surface area (Å²) in [7, 11) is 0. The Morgan fingerprint density at radius 1 is 1.07 bits per heavy atom. The Kier molecular flexibility index (Phi) is 2.33. The van der Waals surface area contributed by atoms with Gasteiger partial charge in [0.15, 0.2) is 0 Å². The van der Waals surface area contributed by atoms with Crippen molar-refractivity contribution in [1.29, 1.82) is 5.41 Å². The molecule has 0 aliphatic heterocycles. The molecule has 2 rings (SSSR count). The molecule has 14 heavy (non-hydrogen) atoms. The van der Waals surface area contributed by atoms with Gasteiger partial charge in [-0.2, -0.15) is 11.3 Å². The van der Waals surface area contributed by atoms with Crippen LogP contribution < -0.4 is 5.73 Å². The van der Waals surface area contributed by atoms with Crippen LogP contribution in [0.5, 0.6) is 0 Å². The van der Waals surface area contributed by atoms with Gasteiger partial charge >= 0.3 is 0 Å². The van der Waals surface area contributed by atoms with Crippen LogP contribution in [0, 0.1) is 5.41 Å². The number of nitrogens with two attached hydrogens (primary N) is 1. The van der Waals surface area contributed by atoms with E-state index in [0.29, 0.717) is 0 Å². The maximum Gasteiger partial charge on any atom is 0.122 e. The highest BCUT2D eigenvalue weighted by Gasteiger charge is 1.99. The molecule has 0 spiro atoms. The van der Waals surface area contributed by atoms with Gasteiger partial charge in [0.25, 0.3) is 0 Å². The largest absolute Gasteiger partial charge is 0.384 e. The van der Waals surface area contributed by atoms with Crippen molar-refractivity contribution in [2.24, 2.45) is 5.73 Å². The summed E-state index contributed by atoms with van der Waals surface area (Å²) in [6.45, 7) is 0. The van der Waals surface area contributed by atoms with Crippen LogP contribution in [0.1, 0.15) is 5.56 Å². The number of benzene rings is 1. The van der Waals surface area contributed by atoms with Gasteiger partial charge in [0.1, 0.15) is 5.84 Å². The van der Waals surface area contributed by atoms with Crippen molar-refractivity contribution in [3.05, 3.63) is 46.7 Å². The van der Waals surface area contributed by atoms with E-state index >= 15 is 0 Å². The van der Waals surface area contributed by atoms with E-state index in [1.807, 2.05) is 29.6 Å². The fourth-order valence-electron chi connectivity index (χ4n) is 1.27. The molecule has 0 saturated heterocycles. The van der Waals surface area contributed by atoms with Gasteiger partial charge in [0.05, 0.1) is 0 Å². The van der Waals surface area contributed by atoms with Crippen molar-refractivity contribution in [2.45, 2.75) is 0 Å². The molecule has 3 heteroatoms. The molecular formula is C11H10N2S. The third-order valence-corrected chi connectivity index (χ3v) is 2.73. The van der Waals surface area contributed by atoms with Gasteiger partial charge in [-0.05, 0) is 28.0 Å². The monoisotopic (exact) mass is 202 g/mol. The summed E-state index contributed by atoms with van der Waals surface area (Å²) in [5.74, 6) is 0.113. The summed E-state index contributed by atoms with van der Waals surface area (Å²) in [4.78, 5) is 0. The van der Waals surface area contributed by atoms with Crippen molar-refractivity contribution >= 4 is 17.2 Å². The number of rotatable bonds is 2. The van der Waals surface area contributed by atoms with Gasteiger partial charge in [0.2, 0.25) is 0 Å². The van der Waals surface area contributed by atoms with Crippen molar-refractivity contribution in [3.63, 3.8) is 0 Å². The molecule has 70 valence electrons. The zero-order chi connectivity index (χ0) is 9.97. The van der Waals surface area contributed by atoms with Crippen LogP contribution in [-0.2, 0) is 0 Å². The summed E-state index contributed by atoms with van der Waals surface area (Å²) in [6.07, 6.45) is 0. The molecule has 0 atom stereocenters. The van der Waals surface area contributed by atoms with E-state index in [2.05, 4.69) is 11.4 Å². The summed E-state index contributed by atoms with van der Waals surface area (Å²) in [6, 6.07) is 9.79. The summed E-state index contributed by atoms with van der Waals surface area (Å²) in [5, 5.41) is 11.4. The maximum atomic E-state index is 7.26. The number of thiophene rings is 1. The van der Waals surface area contributed by atoms with Crippen LogP contribution in [0.3, 0.4) is 0 Å².